The molecule has 1 aromatic rings. The normalized spacial score (nSPS) is 39.1. The Morgan fingerprint density at radius 1 is 0.929 bits per heavy atom. The molecule has 0 unspecified atom stereocenters. The summed E-state index contributed by atoms with van der Waals surface area (Å²) >= 11 is 0. The van der Waals surface area contributed by atoms with Crippen LogP contribution in [0.25, 0.3) is 0 Å². The molecular weight excluding hydrogens is 520 g/mol. The third-order valence-corrected chi connectivity index (χ3v) is 12.8. The van der Waals surface area contributed by atoms with E-state index >= 15 is 0 Å². The molecule has 4 nitrogen and oxygen atoms in total. The molecule has 0 heterocycles. The maximum atomic E-state index is 13.6. The number of ketones is 1. The highest BCUT2D eigenvalue weighted by Crippen LogP contribution is 2.75. The van der Waals surface area contributed by atoms with E-state index in [-0.39, 0.29) is 33.4 Å². The summed E-state index contributed by atoms with van der Waals surface area (Å²) in [6.07, 6.45) is 13.8. The van der Waals surface area contributed by atoms with Crippen molar-refractivity contribution < 1.29 is 19.1 Å². The van der Waals surface area contributed by atoms with Crippen LogP contribution in [0.4, 0.5) is 0 Å². The zero-order valence-electron chi connectivity index (χ0n) is 26.7. The number of hydrogen-bond donors (Lipinski definition) is 0. The van der Waals surface area contributed by atoms with Crippen molar-refractivity contribution in [2.24, 2.45) is 33.0 Å². The van der Waals surface area contributed by atoms with Crippen LogP contribution in [-0.2, 0) is 25.7 Å². The third-order valence-electron chi connectivity index (χ3n) is 12.8. The quantitative estimate of drug-likeness (QED) is 0.333. The number of hydrogen-bond acceptors (Lipinski definition) is 4. The first kappa shape index (κ1) is 29.2. The van der Waals surface area contributed by atoms with Crippen LogP contribution in [0.1, 0.15) is 99.0 Å². The van der Waals surface area contributed by atoms with E-state index in [2.05, 4.69) is 46.8 Å². The lowest BCUT2D eigenvalue weighted by atomic mass is 9.34. The van der Waals surface area contributed by atoms with Crippen LogP contribution in [0, 0.1) is 33.0 Å². The number of benzene rings is 1. The minimum absolute atomic E-state index is 0.0218. The topological polar surface area (TPSA) is 52.6 Å². The molecule has 0 radical (unpaired) electrons. The number of esters is 1. The summed E-state index contributed by atoms with van der Waals surface area (Å²) in [5.41, 5.74) is 5.40. The Hall–Kier alpha value is -2.88. The Morgan fingerprint density at radius 2 is 1.64 bits per heavy atom. The van der Waals surface area contributed by atoms with Gasteiger partial charge in [0.15, 0.2) is 5.76 Å². The number of carbonyl (C=O) groups is 2. The number of carbonyl (C=O) groups excluding carboxylic acids is 2. The smallest absolute Gasteiger partial charge is 0.311 e. The molecule has 3 fully saturated rings. The van der Waals surface area contributed by atoms with Crippen LogP contribution < -0.4 is 0 Å². The fourth-order valence-electron chi connectivity index (χ4n) is 9.85. The van der Waals surface area contributed by atoms with Gasteiger partial charge in [0.25, 0.3) is 0 Å². The average Bonchev–Trinajstić information content (AvgIpc) is 2.96. The minimum atomic E-state index is -0.424. The third kappa shape index (κ3) is 4.07. The van der Waals surface area contributed by atoms with Crippen molar-refractivity contribution in [3.63, 3.8) is 0 Å². The van der Waals surface area contributed by atoms with E-state index < -0.39 is 5.41 Å². The van der Waals surface area contributed by atoms with Gasteiger partial charge >= 0.3 is 5.97 Å². The predicted octanol–water partition coefficient (Wildman–Crippen LogP) is 8.84. The summed E-state index contributed by atoms with van der Waals surface area (Å²) < 4.78 is 11.8. The Kier molecular flexibility index (Phi) is 6.83. The summed E-state index contributed by atoms with van der Waals surface area (Å²) in [4.78, 5) is 26.8. The molecule has 0 N–H and O–H groups in total. The lowest BCUT2D eigenvalue weighted by Crippen LogP contribution is -2.62. The van der Waals surface area contributed by atoms with Gasteiger partial charge in [-0.05, 0) is 111 Å². The van der Waals surface area contributed by atoms with Gasteiger partial charge in [-0.1, -0.05) is 75.8 Å². The maximum absolute atomic E-state index is 13.6. The molecule has 1 aromatic carbocycles. The second kappa shape index (κ2) is 9.82. The van der Waals surface area contributed by atoms with E-state index in [0.717, 1.165) is 60.8 Å². The molecule has 3 saturated carbocycles. The predicted molar refractivity (Wildman–Crippen MR) is 166 cm³/mol. The van der Waals surface area contributed by atoms with Gasteiger partial charge in [0.2, 0.25) is 5.78 Å². The molecular formula is C38H48O4. The van der Waals surface area contributed by atoms with E-state index in [1.807, 2.05) is 50.3 Å². The Labute approximate surface area is 252 Å². The molecule has 224 valence electrons. The van der Waals surface area contributed by atoms with Gasteiger partial charge in [0, 0.05) is 11.0 Å². The molecule has 0 aromatic heterocycles. The van der Waals surface area contributed by atoms with Crippen LogP contribution in [-0.4, -0.2) is 18.4 Å². The van der Waals surface area contributed by atoms with Crippen LogP contribution in [0.2, 0.25) is 0 Å². The summed E-state index contributed by atoms with van der Waals surface area (Å²) in [6.45, 7) is 16.8. The van der Waals surface area contributed by atoms with Crippen molar-refractivity contribution >= 4 is 11.8 Å². The van der Waals surface area contributed by atoms with Crippen molar-refractivity contribution in [3.05, 3.63) is 82.2 Å². The molecule has 42 heavy (non-hydrogen) atoms. The van der Waals surface area contributed by atoms with Gasteiger partial charge in [-0.25, -0.2) is 0 Å². The van der Waals surface area contributed by atoms with Gasteiger partial charge in [-0.3, -0.25) is 9.59 Å². The maximum Gasteiger partial charge on any atom is 0.311 e. The summed E-state index contributed by atoms with van der Waals surface area (Å²) in [7, 11) is 0. The first-order chi connectivity index (χ1) is 19.8. The molecule has 5 aliphatic rings. The van der Waals surface area contributed by atoms with Crippen molar-refractivity contribution in [1.29, 1.82) is 0 Å². The fraction of sp³-hybridized carbons (Fsp3) is 0.579. The number of allylic oxidation sites excluding steroid dienone is 7. The lowest BCUT2D eigenvalue weighted by Gasteiger charge is -2.70. The first-order valence-electron chi connectivity index (χ1n) is 16.1. The van der Waals surface area contributed by atoms with E-state index in [9.17, 15) is 9.59 Å². The summed E-state index contributed by atoms with van der Waals surface area (Å²) in [5, 5.41) is 0. The van der Waals surface area contributed by atoms with E-state index in [1.54, 1.807) is 0 Å². The Bertz CT molecular complexity index is 1440. The van der Waals surface area contributed by atoms with Crippen molar-refractivity contribution in [2.45, 2.75) is 100 Å². The van der Waals surface area contributed by atoms with Gasteiger partial charge in [-0.15, -0.1) is 0 Å². The van der Waals surface area contributed by atoms with Crippen LogP contribution in [0.3, 0.4) is 0 Å². The highest BCUT2D eigenvalue weighted by atomic mass is 16.5. The summed E-state index contributed by atoms with van der Waals surface area (Å²) in [5.74, 6) is 0.857. The lowest BCUT2D eigenvalue weighted by molar-refractivity contribution is -0.182. The molecule has 0 saturated heterocycles. The van der Waals surface area contributed by atoms with Crippen molar-refractivity contribution in [1.82, 2.24) is 0 Å². The second-order valence-corrected chi connectivity index (χ2v) is 15.1. The SMILES string of the molecule is CCOC(=O)[C@]1(C)CC[C@]2(C)CC[C@]3(C)C4=CC=C5C(=CC(=O)C(OCc6ccccc6)=C5C)[C@]4(C)CC[C@@]3(C)[C@@H]2C1. The minimum Gasteiger partial charge on any atom is -0.485 e. The van der Waals surface area contributed by atoms with Crippen molar-refractivity contribution in [3.8, 4) is 0 Å². The molecule has 4 heteroatoms. The largest absolute Gasteiger partial charge is 0.485 e. The highest BCUT2D eigenvalue weighted by molar-refractivity contribution is 6.07. The molecule has 0 spiro atoms. The fourth-order valence-corrected chi connectivity index (χ4v) is 9.85. The van der Waals surface area contributed by atoms with Crippen LogP contribution in [0.15, 0.2) is 76.6 Å². The number of ether oxygens (including phenoxy) is 2. The van der Waals surface area contributed by atoms with Crippen LogP contribution >= 0.6 is 0 Å². The molecule has 6 atom stereocenters. The first-order valence-corrected chi connectivity index (χ1v) is 16.1. The van der Waals surface area contributed by atoms with E-state index in [0.29, 0.717) is 24.9 Å². The average molecular weight is 569 g/mol. The monoisotopic (exact) mass is 568 g/mol. The molecule has 0 bridgehead atoms. The Morgan fingerprint density at radius 3 is 2.36 bits per heavy atom. The standard InChI is InChI=1S/C38H48O4/c1-8-41-33(40)35(4)17-16-34(3)18-20-37(6)30-15-14-27-25(2)32(42-24-26-12-10-9-11-13-26)29(39)22-28(27)36(30,5)19-21-38(37,7)31(34)23-35/h9-15,22,31H,8,16-21,23-24H2,1-7H3/t31-,34-,35-,36+,37-,38+/m1/s1. The van der Waals surface area contributed by atoms with Crippen molar-refractivity contribution in [2.75, 3.05) is 6.61 Å². The summed E-state index contributed by atoms with van der Waals surface area (Å²) in [6, 6.07) is 10.0. The van der Waals surface area contributed by atoms with E-state index in [4.69, 9.17) is 9.47 Å². The number of rotatable bonds is 5. The Balaban J connectivity index is 1.36. The van der Waals surface area contributed by atoms with Gasteiger partial charge in [-0.2, -0.15) is 0 Å². The highest BCUT2D eigenvalue weighted by Gasteiger charge is 2.67. The van der Waals surface area contributed by atoms with Gasteiger partial charge < -0.3 is 9.47 Å². The number of fused-ring (bicyclic) bond motifs is 7. The second-order valence-electron chi connectivity index (χ2n) is 15.1. The molecule has 0 amide bonds. The zero-order valence-corrected chi connectivity index (χ0v) is 26.7. The molecule has 0 aliphatic heterocycles. The zero-order chi connectivity index (χ0) is 30.1. The molecule has 5 aliphatic carbocycles. The van der Waals surface area contributed by atoms with Gasteiger partial charge in [0.05, 0.1) is 12.0 Å². The molecule has 6 rings (SSSR count). The van der Waals surface area contributed by atoms with Crippen LogP contribution in [0.5, 0.6) is 0 Å². The van der Waals surface area contributed by atoms with Gasteiger partial charge in [0.1, 0.15) is 6.61 Å². The van der Waals surface area contributed by atoms with E-state index in [1.165, 1.54) is 12.0 Å².